The van der Waals surface area contributed by atoms with E-state index in [1.54, 1.807) is 35.6 Å². The van der Waals surface area contributed by atoms with E-state index in [2.05, 4.69) is 15.5 Å². The largest absolute Gasteiger partial charge is 0.452 e. The molecule has 7 nitrogen and oxygen atoms in total. The van der Waals surface area contributed by atoms with Crippen LogP contribution in [0.3, 0.4) is 0 Å². The fourth-order valence-electron chi connectivity index (χ4n) is 2.95. The Bertz CT molecular complexity index is 1180. The number of hydrogen-bond donors (Lipinski definition) is 1. The molecule has 0 saturated carbocycles. The zero-order valence-electron chi connectivity index (χ0n) is 17.4. The highest BCUT2D eigenvalue weighted by Crippen LogP contribution is 2.24. The van der Waals surface area contributed by atoms with Crippen molar-refractivity contribution in [1.29, 1.82) is 0 Å². The lowest BCUT2D eigenvalue weighted by atomic mass is 10.1. The molecular weight excluding hydrogens is 426 g/mol. The van der Waals surface area contributed by atoms with Crippen LogP contribution in [0.5, 0.6) is 0 Å². The third-order valence-electron chi connectivity index (χ3n) is 4.70. The van der Waals surface area contributed by atoms with Gasteiger partial charge in [0.25, 0.3) is 5.91 Å². The van der Waals surface area contributed by atoms with Gasteiger partial charge in [-0.3, -0.25) is 4.79 Å². The summed E-state index contributed by atoms with van der Waals surface area (Å²) in [6.45, 7) is 2.18. The van der Waals surface area contributed by atoms with Gasteiger partial charge in [0.15, 0.2) is 6.61 Å². The highest BCUT2D eigenvalue weighted by molar-refractivity contribution is 7.09. The van der Waals surface area contributed by atoms with Gasteiger partial charge in [-0.15, -0.1) is 21.5 Å². The topological polar surface area (TPSA) is 94.3 Å². The van der Waals surface area contributed by atoms with E-state index in [1.807, 2.05) is 48.7 Å². The minimum absolute atomic E-state index is 0.325. The molecule has 4 rings (SSSR count). The summed E-state index contributed by atoms with van der Waals surface area (Å²) in [5.41, 5.74) is 2.99. The molecule has 0 aliphatic heterocycles. The maximum atomic E-state index is 12.2. The number of rotatable bonds is 8. The summed E-state index contributed by atoms with van der Waals surface area (Å²) in [6.07, 6.45) is 0.750. The van der Waals surface area contributed by atoms with Gasteiger partial charge in [0.1, 0.15) is 0 Å². The van der Waals surface area contributed by atoms with Gasteiger partial charge in [0.2, 0.25) is 11.8 Å². The number of hydrogen-bond acceptors (Lipinski definition) is 7. The van der Waals surface area contributed by atoms with Crippen LogP contribution in [0.25, 0.3) is 22.9 Å². The van der Waals surface area contributed by atoms with Crippen LogP contribution in [0.1, 0.15) is 20.8 Å². The molecule has 2 heterocycles. The maximum absolute atomic E-state index is 12.2. The van der Waals surface area contributed by atoms with E-state index in [0.717, 1.165) is 17.5 Å². The van der Waals surface area contributed by atoms with Gasteiger partial charge in [-0.2, -0.15) is 0 Å². The Labute approximate surface area is 189 Å². The molecule has 0 atom stereocenters. The SMILES string of the molecule is Cc1ccc(-c2nnc(-c3ccc(C(=O)OCC(=O)NCCc4cccs4)cc3)o2)cc1. The average Bonchev–Trinajstić information content (AvgIpc) is 3.51. The number of thiophene rings is 1. The number of aryl methyl sites for hydroxylation is 1. The molecule has 2 aromatic carbocycles. The summed E-state index contributed by atoms with van der Waals surface area (Å²) >= 11 is 1.64. The zero-order valence-corrected chi connectivity index (χ0v) is 18.2. The first-order valence-corrected chi connectivity index (χ1v) is 10.9. The van der Waals surface area contributed by atoms with Crippen molar-refractivity contribution in [3.8, 4) is 22.9 Å². The summed E-state index contributed by atoms with van der Waals surface area (Å²) in [5, 5.41) is 12.9. The predicted octanol–water partition coefficient (Wildman–Crippen LogP) is 4.29. The minimum atomic E-state index is -0.573. The Morgan fingerprint density at radius 2 is 1.62 bits per heavy atom. The number of carbonyl (C=O) groups excluding carboxylic acids is 2. The Hall–Kier alpha value is -3.78. The Morgan fingerprint density at radius 3 is 2.25 bits per heavy atom. The van der Waals surface area contributed by atoms with Crippen molar-refractivity contribution in [3.05, 3.63) is 82.0 Å². The van der Waals surface area contributed by atoms with Crippen LogP contribution in [-0.4, -0.2) is 35.2 Å². The quantitative estimate of drug-likeness (QED) is 0.405. The predicted molar refractivity (Wildman–Crippen MR) is 121 cm³/mol. The van der Waals surface area contributed by atoms with E-state index >= 15 is 0 Å². The van der Waals surface area contributed by atoms with Crippen molar-refractivity contribution in [3.63, 3.8) is 0 Å². The zero-order chi connectivity index (χ0) is 22.3. The lowest BCUT2D eigenvalue weighted by Gasteiger charge is -2.06. The highest BCUT2D eigenvalue weighted by atomic mass is 32.1. The molecule has 2 aromatic heterocycles. The smallest absolute Gasteiger partial charge is 0.338 e. The van der Waals surface area contributed by atoms with Crippen LogP contribution in [0.4, 0.5) is 0 Å². The van der Waals surface area contributed by atoms with Gasteiger partial charge in [-0.05, 0) is 61.2 Å². The van der Waals surface area contributed by atoms with Crippen molar-refractivity contribution in [2.45, 2.75) is 13.3 Å². The minimum Gasteiger partial charge on any atom is -0.452 e. The van der Waals surface area contributed by atoms with Gasteiger partial charge in [0.05, 0.1) is 5.56 Å². The Balaban J connectivity index is 1.29. The van der Waals surface area contributed by atoms with Gasteiger partial charge in [0, 0.05) is 22.5 Å². The third kappa shape index (κ3) is 5.47. The molecular formula is C24H21N3O4S. The first-order valence-electron chi connectivity index (χ1n) is 10.1. The second kappa shape index (κ2) is 10.0. The van der Waals surface area contributed by atoms with Crippen molar-refractivity contribution < 1.29 is 18.7 Å². The van der Waals surface area contributed by atoms with Crippen LogP contribution in [0, 0.1) is 6.92 Å². The number of benzene rings is 2. The lowest BCUT2D eigenvalue weighted by molar-refractivity contribution is -0.124. The molecule has 8 heteroatoms. The number of nitrogens with zero attached hydrogens (tertiary/aromatic N) is 2. The number of nitrogens with one attached hydrogen (secondary N) is 1. The van der Waals surface area contributed by atoms with Crippen LogP contribution >= 0.6 is 11.3 Å². The average molecular weight is 448 g/mol. The molecule has 0 unspecified atom stereocenters. The van der Waals surface area contributed by atoms with Gasteiger partial charge in [-0.25, -0.2) is 4.79 Å². The van der Waals surface area contributed by atoms with E-state index in [1.165, 1.54) is 4.88 Å². The molecule has 4 aromatic rings. The molecule has 0 bridgehead atoms. The molecule has 0 saturated heterocycles. The van der Waals surface area contributed by atoms with Gasteiger partial charge >= 0.3 is 5.97 Å². The van der Waals surface area contributed by atoms with Crippen LogP contribution in [-0.2, 0) is 16.0 Å². The number of amides is 1. The number of aromatic nitrogens is 2. The first kappa shape index (κ1) is 21.5. The summed E-state index contributed by atoms with van der Waals surface area (Å²) < 4.78 is 10.8. The Morgan fingerprint density at radius 1 is 0.969 bits per heavy atom. The summed E-state index contributed by atoms with van der Waals surface area (Å²) in [6, 6.07) is 18.4. The van der Waals surface area contributed by atoms with E-state index in [9.17, 15) is 9.59 Å². The number of esters is 1. The second-order valence-corrected chi connectivity index (χ2v) is 8.14. The normalized spacial score (nSPS) is 10.7. The fourth-order valence-corrected chi connectivity index (χ4v) is 3.66. The van der Waals surface area contributed by atoms with E-state index in [0.29, 0.717) is 29.5 Å². The van der Waals surface area contributed by atoms with Gasteiger partial charge < -0.3 is 14.5 Å². The lowest BCUT2D eigenvalue weighted by Crippen LogP contribution is -2.30. The van der Waals surface area contributed by atoms with Crippen LogP contribution in [0.15, 0.2) is 70.5 Å². The molecule has 1 N–H and O–H groups in total. The van der Waals surface area contributed by atoms with E-state index in [4.69, 9.17) is 9.15 Å². The van der Waals surface area contributed by atoms with Crippen LogP contribution in [0.2, 0.25) is 0 Å². The fraction of sp³-hybridized carbons (Fsp3) is 0.167. The molecule has 0 aliphatic rings. The highest BCUT2D eigenvalue weighted by Gasteiger charge is 2.13. The number of ether oxygens (including phenoxy) is 1. The first-order chi connectivity index (χ1) is 15.6. The van der Waals surface area contributed by atoms with Crippen molar-refractivity contribution in [2.75, 3.05) is 13.2 Å². The van der Waals surface area contributed by atoms with Crippen molar-refractivity contribution in [2.24, 2.45) is 0 Å². The third-order valence-corrected chi connectivity index (χ3v) is 5.64. The molecule has 0 spiro atoms. The van der Waals surface area contributed by atoms with Gasteiger partial charge in [-0.1, -0.05) is 23.8 Å². The van der Waals surface area contributed by atoms with Crippen LogP contribution < -0.4 is 5.32 Å². The van der Waals surface area contributed by atoms with Crippen molar-refractivity contribution in [1.82, 2.24) is 15.5 Å². The summed E-state index contributed by atoms with van der Waals surface area (Å²) in [5.74, 6) is -0.129. The molecule has 0 fully saturated rings. The molecule has 162 valence electrons. The summed E-state index contributed by atoms with van der Waals surface area (Å²) in [7, 11) is 0. The summed E-state index contributed by atoms with van der Waals surface area (Å²) in [4.78, 5) is 25.3. The van der Waals surface area contributed by atoms with E-state index in [-0.39, 0.29) is 12.5 Å². The standard InChI is InChI=1S/C24H21N3O4S/c1-16-4-6-17(7-5-16)22-26-27-23(31-22)18-8-10-19(11-9-18)24(29)30-15-21(28)25-13-12-20-3-2-14-32-20/h2-11,14H,12-13,15H2,1H3,(H,25,28). The molecule has 1 amide bonds. The number of carbonyl (C=O) groups is 2. The monoisotopic (exact) mass is 447 g/mol. The van der Waals surface area contributed by atoms with E-state index < -0.39 is 5.97 Å². The van der Waals surface area contributed by atoms with Crippen molar-refractivity contribution >= 4 is 23.2 Å². The molecule has 32 heavy (non-hydrogen) atoms. The second-order valence-electron chi connectivity index (χ2n) is 7.11. The molecule has 0 aliphatic carbocycles. The molecule has 0 radical (unpaired) electrons. The Kier molecular flexibility index (Phi) is 6.72. The maximum Gasteiger partial charge on any atom is 0.338 e.